The Balaban J connectivity index is 1.73. The van der Waals surface area contributed by atoms with Crippen LogP contribution in [0.5, 0.6) is 0 Å². The molecule has 2 aliphatic rings. The van der Waals surface area contributed by atoms with Gasteiger partial charge in [-0.3, -0.25) is 4.79 Å². The van der Waals surface area contributed by atoms with Crippen molar-refractivity contribution >= 4 is 38.3 Å². The Morgan fingerprint density at radius 3 is 2.56 bits per heavy atom. The predicted molar refractivity (Wildman–Crippen MR) is 73.6 cm³/mol. The van der Waals surface area contributed by atoms with Crippen LogP contribution in [0.3, 0.4) is 0 Å². The Labute approximate surface area is 118 Å². The summed E-state index contributed by atoms with van der Waals surface area (Å²) in [7, 11) is 0. The van der Waals surface area contributed by atoms with Crippen LogP contribution >= 0.6 is 27.3 Å². The normalized spacial score (nSPS) is 30.6. The molecule has 18 heavy (non-hydrogen) atoms. The molecule has 2 atom stereocenters. The molecular formula is C11H15BrN4OS. The summed E-state index contributed by atoms with van der Waals surface area (Å²) >= 11 is 4.92. The third kappa shape index (κ3) is 2.25. The lowest BCUT2D eigenvalue weighted by Crippen LogP contribution is -2.52. The number of amides is 1. The monoisotopic (exact) mass is 330 g/mol. The number of carbonyl (C=O) groups is 1. The van der Waals surface area contributed by atoms with E-state index in [2.05, 4.69) is 36.3 Å². The van der Waals surface area contributed by atoms with Crippen molar-refractivity contribution in [3.8, 4) is 0 Å². The Kier molecular flexibility index (Phi) is 3.27. The van der Waals surface area contributed by atoms with Crippen molar-refractivity contribution in [1.29, 1.82) is 0 Å². The Bertz CT molecular complexity index is 452. The van der Waals surface area contributed by atoms with Crippen LogP contribution in [-0.2, 0) is 4.79 Å². The molecule has 5 nitrogen and oxygen atoms in total. The van der Waals surface area contributed by atoms with E-state index in [1.807, 2.05) is 0 Å². The van der Waals surface area contributed by atoms with Gasteiger partial charge in [0.2, 0.25) is 11.0 Å². The van der Waals surface area contributed by atoms with Crippen molar-refractivity contribution in [1.82, 2.24) is 15.5 Å². The third-order valence-electron chi connectivity index (χ3n) is 3.86. The average molecular weight is 331 g/mol. The van der Waals surface area contributed by atoms with Crippen molar-refractivity contribution < 1.29 is 4.79 Å². The van der Waals surface area contributed by atoms with Crippen molar-refractivity contribution in [2.45, 2.75) is 25.8 Å². The number of nitrogens with one attached hydrogen (secondary N) is 1. The lowest BCUT2D eigenvalue weighted by Gasteiger charge is -2.37. The zero-order valence-corrected chi connectivity index (χ0v) is 12.5. The van der Waals surface area contributed by atoms with Crippen molar-refractivity contribution in [2.75, 3.05) is 18.0 Å². The number of fused-ring (bicyclic) bond motifs is 2. The summed E-state index contributed by atoms with van der Waals surface area (Å²) in [5, 5.41) is 12.3. The van der Waals surface area contributed by atoms with Gasteiger partial charge in [-0.05, 0) is 40.6 Å². The smallest absolute Gasteiger partial charge is 0.217 e. The molecule has 7 heteroatoms. The number of hydrogen-bond acceptors (Lipinski definition) is 5. The Morgan fingerprint density at radius 2 is 2.06 bits per heavy atom. The van der Waals surface area contributed by atoms with E-state index in [0.29, 0.717) is 17.9 Å². The van der Waals surface area contributed by atoms with Gasteiger partial charge in [-0.2, -0.15) is 0 Å². The summed E-state index contributed by atoms with van der Waals surface area (Å²) in [6.45, 7) is 3.56. The second-order valence-corrected chi connectivity index (χ2v) is 7.30. The molecular weight excluding hydrogens is 316 g/mol. The molecule has 1 amide bonds. The molecule has 2 heterocycles. The highest BCUT2D eigenvalue weighted by Gasteiger charge is 2.43. The topological polar surface area (TPSA) is 58.1 Å². The highest BCUT2D eigenvalue weighted by atomic mass is 79.9. The van der Waals surface area contributed by atoms with Crippen LogP contribution in [-0.4, -0.2) is 35.2 Å². The van der Waals surface area contributed by atoms with Gasteiger partial charge in [0.1, 0.15) is 0 Å². The van der Waals surface area contributed by atoms with Gasteiger partial charge in [-0.15, -0.1) is 10.2 Å². The summed E-state index contributed by atoms with van der Waals surface area (Å²) in [5.41, 5.74) is 0. The first kappa shape index (κ1) is 12.3. The average Bonchev–Trinajstić information content (AvgIpc) is 2.81. The van der Waals surface area contributed by atoms with Gasteiger partial charge in [-0.1, -0.05) is 11.3 Å². The minimum Gasteiger partial charge on any atom is -0.353 e. The van der Waals surface area contributed by atoms with Gasteiger partial charge in [0.25, 0.3) is 0 Å². The lowest BCUT2D eigenvalue weighted by molar-refractivity contribution is -0.120. The molecule has 0 radical (unpaired) electrons. The van der Waals surface area contributed by atoms with E-state index in [9.17, 15) is 4.79 Å². The number of halogens is 1. The minimum absolute atomic E-state index is 0.0870. The van der Waals surface area contributed by atoms with Gasteiger partial charge in [0, 0.05) is 26.1 Å². The van der Waals surface area contributed by atoms with Crippen molar-refractivity contribution in [3.63, 3.8) is 0 Å². The Hall–Kier alpha value is -0.690. The maximum atomic E-state index is 11.2. The molecule has 1 saturated carbocycles. The van der Waals surface area contributed by atoms with E-state index in [4.69, 9.17) is 0 Å². The van der Waals surface area contributed by atoms with E-state index in [1.54, 1.807) is 18.3 Å². The molecule has 0 spiro atoms. The SMILES string of the molecule is CC(=O)NC1C2CCC1CN(c1nnc(Br)s1)C2. The highest BCUT2D eigenvalue weighted by molar-refractivity contribution is 9.11. The molecule has 1 aromatic heterocycles. The largest absolute Gasteiger partial charge is 0.353 e. The molecule has 1 aliphatic carbocycles. The maximum absolute atomic E-state index is 11.2. The second kappa shape index (κ2) is 4.77. The number of rotatable bonds is 2. The fraction of sp³-hybridized carbons (Fsp3) is 0.727. The molecule has 2 fully saturated rings. The van der Waals surface area contributed by atoms with Crippen LogP contribution < -0.4 is 10.2 Å². The van der Waals surface area contributed by atoms with Gasteiger partial charge in [0.15, 0.2) is 3.92 Å². The molecule has 0 aromatic carbocycles. The fourth-order valence-electron chi connectivity index (χ4n) is 3.18. The molecule has 2 unspecified atom stereocenters. The number of aromatic nitrogens is 2. The summed E-state index contributed by atoms with van der Waals surface area (Å²) in [6, 6.07) is 0.357. The van der Waals surface area contributed by atoms with Gasteiger partial charge in [-0.25, -0.2) is 0 Å². The van der Waals surface area contributed by atoms with E-state index in [1.165, 1.54) is 12.8 Å². The maximum Gasteiger partial charge on any atom is 0.217 e. The minimum atomic E-state index is 0.0870. The first-order valence-corrected chi connectivity index (χ1v) is 7.75. The first-order chi connectivity index (χ1) is 8.63. The van der Waals surface area contributed by atoms with Gasteiger partial charge >= 0.3 is 0 Å². The van der Waals surface area contributed by atoms with E-state index < -0.39 is 0 Å². The number of hydrogen-bond donors (Lipinski definition) is 1. The van der Waals surface area contributed by atoms with E-state index >= 15 is 0 Å². The van der Waals surface area contributed by atoms with Crippen LogP contribution in [0.15, 0.2) is 3.92 Å². The van der Waals surface area contributed by atoms with Crippen LogP contribution in [0, 0.1) is 11.8 Å². The summed E-state index contributed by atoms with van der Waals surface area (Å²) in [6.07, 6.45) is 2.40. The molecule has 1 N–H and O–H groups in total. The number of carbonyl (C=O) groups excluding carboxylic acids is 1. The molecule has 2 bridgehead atoms. The molecule has 1 aliphatic heterocycles. The van der Waals surface area contributed by atoms with E-state index in [0.717, 1.165) is 22.1 Å². The van der Waals surface area contributed by atoms with Gasteiger partial charge < -0.3 is 10.2 Å². The number of nitrogens with zero attached hydrogens (tertiary/aromatic N) is 3. The zero-order valence-electron chi connectivity index (χ0n) is 10.1. The highest BCUT2D eigenvalue weighted by Crippen LogP contribution is 2.39. The van der Waals surface area contributed by atoms with Crippen LogP contribution in [0.4, 0.5) is 5.13 Å². The van der Waals surface area contributed by atoms with Gasteiger partial charge in [0.05, 0.1) is 0 Å². The lowest BCUT2D eigenvalue weighted by atomic mass is 9.92. The molecule has 3 rings (SSSR count). The first-order valence-electron chi connectivity index (χ1n) is 6.14. The van der Waals surface area contributed by atoms with Crippen molar-refractivity contribution in [2.24, 2.45) is 11.8 Å². The quantitative estimate of drug-likeness (QED) is 0.895. The standard InChI is InChI=1S/C11H15BrN4OS/c1-6(17)13-9-7-2-3-8(9)5-16(4-7)11-15-14-10(12)18-11/h7-9H,2-5H2,1H3,(H,13,17). The second-order valence-electron chi connectivity index (χ2n) is 5.07. The summed E-state index contributed by atoms with van der Waals surface area (Å²) < 4.78 is 0.828. The van der Waals surface area contributed by atoms with E-state index in [-0.39, 0.29) is 5.91 Å². The van der Waals surface area contributed by atoms with Crippen LogP contribution in [0.25, 0.3) is 0 Å². The fourth-order valence-corrected chi connectivity index (χ4v) is 4.28. The molecule has 98 valence electrons. The molecule has 1 saturated heterocycles. The summed E-state index contributed by atoms with van der Waals surface area (Å²) in [4.78, 5) is 13.5. The predicted octanol–water partition coefficient (Wildman–Crippen LogP) is 1.65. The molecule has 1 aromatic rings. The number of anilines is 1. The number of piperidine rings is 1. The summed E-state index contributed by atoms with van der Waals surface area (Å²) in [5.74, 6) is 1.19. The van der Waals surface area contributed by atoms with Crippen molar-refractivity contribution in [3.05, 3.63) is 3.92 Å². The third-order valence-corrected chi connectivity index (χ3v) is 5.28. The zero-order chi connectivity index (χ0) is 12.7. The van der Waals surface area contributed by atoms with Crippen LogP contribution in [0.2, 0.25) is 0 Å². The Morgan fingerprint density at radius 1 is 1.39 bits per heavy atom. The van der Waals surface area contributed by atoms with Crippen LogP contribution in [0.1, 0.15) is 19.8 Å².